The van der Waals surface area contributed by atoms with E-state index >= 15 is 0 Å². The normalized spacial score (nSPS) is 15.7. The van der Waals surface area contributed by atoms with E-state index in [-0.39, 0.29) is 22.3 Å². The lowest BCUT2D eigenvalue weighted by Gasteiger charge is -2.23. The summed E-state index contributed by atoms with van der Waals surface area (Å²) in [5.41, 5.74) is 3.46. The molecular formula is C35H28FN3O5S2. The zero-order valence-corrected chi connectivity index (χ0v) is 26.5. The average molecular weight is 654 g/mol. The molecule has 1 saturated heterocycles. The molecule has 0 saturated carbocycles. The molecule has 1 unspecified atom stereocenters. The van der Waals surface area contributed by atoms with Gasteiger partial charge in [-0.1, -0.05) is 77.7 Å². The highest BCUT2D eigenvalue weighted by atomic mass is 32.2. The number of anilines is 1. The maximum absolute atomic E-state index is 14.2. The lowest BCUT2D eigenvalue weighted by atomic mass is 9.95. The number of amides is 1. The van der Waals surface area contributed by atoms with E-state index in [1.807, 2.05) is 31.2 Å². The van der Waals surface area contributed by atoms with Crippen molar-refractivity contribution >= 4 is 45.7 Å². The maximum Gasteiger partial charge on any atom is 0.301 e. The van der Waals surface area contributed by atoms with Gasteiger partial charge in [-0.25, -0.2) is 4.39 Å². The summed E-state index contributed by atoms with van der Waals surface area (Å²) in [7, 11) is 1.52. The Labute approximate surface area is 273 Å². The van der Waals surface area contributed by atoms with Gasteiger partial charge in [-0.15, -0.1) is 10.2 Å². The monoisotopic (exact) mass is 653 g/mol. The fraction of sp³-hybridized carbons (Fsp3) is 0.143. The van der Waals surface area contributed by atoms with Crippen molar-refractivity contribution < 1.29 is 28.6 Å². The highest BCUT2D eigenvalue weighted by Gasteiger charge is 2.48. The first-order valence-corrected chi connectivity index (χ1v) is 16.1. The van der Waals surface area contributed by atoms with Crippen molar-refractivity contribution in [1.82, 2.24) is 10.2 Å². The Balaban J connectivity index is 1.32. The number of aliphatic hydroxyl groups excluding tert-OH is 1. The summed E-state index contributed by atoms with van der Waals surface area (Å²) >= 11 is 2.37. The Bertz CT molecular complexity index is 1940. The number of hydrogen-bond acceptors (Lipinski definition) is 9. The van der Waals surface area contributed by atoms with Gasteiger partial charge in [0, 0.05) is 11.3 Å². The molecular weight excluding hydrogens is 626 g/mol. The second-order valence-electron chi connectivity index (χ2n) is 10.4. The largest absolute Gasteiger partial charge is 0.507 e. The number of carbonyl (C=O) groups is 2. The summed E-state index contributed by atoms with van der Waals surface area (Å²) in [4.78, 5) is 28.4. The molecule has 232 valence electrons. The van der Waals surface area contributed by atoms with Crippen LogP contribution in [0.5, 0.6) is 11.5 Å². The molecule has 8 nitrogen and oxygen atoms in total. The number of nitrogens with zero attached hydrogens (tertiary/aromatic N) is 3. The van der Waals surface area contributed by atoms with Crippen molar-refractivity contribution in [3.63, 3.8) is 0 Å². The highest BCUT2D eigenvalue weighted by Crippen LogP contribution is 2.44. The number of aryl methyl sites for hydroxylation is 1. The molecule has 1 atom stereocenters. The molecule has 1 aromatic heterocycles. The van der Waals surface area contributed by atoms with Crippen LogP contribution in [0.2, 0.25) is 0 Å². The van der Waals surface area contributed by atoms with E-state index in [0.29, 0.717) is 44.9 Å². The summed E-state index contributed by atoms with van der Waals surface area (Å²) in [6.45, 7) is 2.39. The lowest BCUT2D eigenvalue weighted by molar-refractivity contribution is -0.132. The molecule has 2 heterocycles. The molecule has 6 rings (SSSR count). The van der Waals surface area contributed by atoms with Crippen LogP contribution >= 0.6 is 23.1 Å². The first-order chi connectivity index (χ1) is 22.3. The predicted octanol–water partition coefficient (Wildman–Crippen LogP) is 7.49. The van der Waals surface area contributed by atoms with Crippen LogP contribution in [0.15, 0.2) is 107 Å². The third-order valence-corrected chi connectivity index (χ3v) is 9.65. The van der Waals surface area contributed by atoms with E-state index < -0.39 is 17.7 Å². The van der Waals surface area contributed by atoms with Crippen LogP contribution in [0.3, 0.4) is 0 Å². The summed E-state index contributed by atoms with van der Waals surface area (Å²) < 4.78 is 26.0. The molecule has 0 aliphatic carbocycles. The van der Waals surface area contributed by atoms with Crippen molar-refractivity contribution in [2.45, 2.75) is 29.7 Å². The summed E-state index contributed by atoms with van der Waals surface area (Å²) in [6.07, 6.45) is 0. The average Bonchev–Trinajstić information content (AvgIpc) is 3.65. The summed E-state index contributed by atoms with van der Waals surface area (Å²) in [6, 6.07) is 27.0. The van der Waals surface area contributed by atoms with E-state index in [1.54, 1.807) is 66.7 Å². The number of hydrogen-bond donors (Lipinski definition) is 1. The number of halogens is 1. The van der Waals surface area contributed by atoms with Gasteiger partial charge in [-0.2, -0.15) is 0 Å². The molecule has 1 aliphatic heterocycles. The molecule has 1 amide bonds. The summed E-state index contributed by atoms with van der Waals surface area (Å²) in [5, 5.41) is 20.1. The zero-order valence-electron chi connectivity index (χ0n) is 24.8. The second-order valence-corrected chi connectivity index (χ2v) is 12.6. The van der Waals surface area contributed by atoms with Crippen molar-refractivity contribution in [3.8, 4) is 11.5 Å². The van der Waals surface area contributed by atoms with Crippen molar-refractivity contribution in [3.05, 3.63) is 136 Å². The van der Waals surface area contributed by atoms with Gasteiger partial charge in [-0.3, -0.25) is 14.5 Å². The Morgan fingerprint density at radius 1 is 0.935 bits per heavy atom. The number of Topliss-reactive ketones (excluding diaryl/α,β-unsaturated/α-hetero) is 1. The van der Waals surface area contributed by atoms with Crippen LogP contribution in [0.1, 0.15) is 33.9 Å². The smallest absolute Gasteiger partial charge is 0.301 e. The van der Waals surface area contributed by atoms with E-state index in [2.05, 4.69) is 10.2 Å². The quantitative estimate of drug-likeness (QED) is 0.0544. The number of methoxy groups -OCH3 is 1. The molecule has 5 aromatic rings. The van der Waals surface area contributed by atoms with Crippen LogP contribution in [-0.2, 0) is 21.9 Å². The third kappa shape index (κ3) is 6.37. The van der Waals surface area contributed by atoms with Gasteiger partial charge < -0.3 is 14.6 Å². The maximum atomic E-state index is 14.2. The van der Waals surface area contributed by atoms with Crippen LogP contribution in [0, 0.1) is 12.7 Å². The van der Waals surface area contributed by atoms with E-state index in [1.165, 1.54) is 29.8 Å². The standard InChI is InChI=1S/C35H28FN3O5S2/c1-21-8-3-4-9-24(21)19-44-26-16-14-22(15-17-26)31(40)29-30(23-11-7-12-27(18-23)43-2)39(33(42)32(29)41)34-37-38-35(46-34)45-20-25-10-5-6-13-28(25)36/h3-18,30,40H,19-20H2,1-2H3/b31-29+. The molecule has 0 bridgehead atoms. The van der Waals surface area contributed by atoms with Gasteiger partial charge in [0.15, 0.2) is 4.34 Å². The fourth-order valence-corrected chi connectivity index (χ4v) is 6.92. The van der Waals surface area contributed by atoms with Crippen molar-refractivity contribution in [2.24, 2.45) is 0 Å². The fourth-order valence-electron chi connectivity index (χ4n) is 5.07. The molecule has 4 aromatic carbocycles. The predicted molar refractivity (Wildman–Crippen MR) is 176 cm³/mol. The number of ketones is 1. The Hall–Kier alpha value is -5.00. The summed E-state index contributed by atoms with van der Waals surface area (Å²) in [5.74, 6) is -0.970. The topological polar surface area (TPSA) is 102 Å². The number of aliphatic hydroxyl groups is 1. The number of ether oxygens (including phenoxy) is 2. The Morgan fingerprint density at radius 2 is 1.67 bits per heavy atom. The molecule has 1 aliphatic rings. The second kappa shape index (κ2) is 13.6. The van der Waals surface area contributed by atoms with Crippen molar-refractivity contribution in [2.75, 3.05) is 12.0 Å². The molecule has 46 heavy (non-hydrogen) atoms. The van der Waals surface area contributed by atoms with Crippen LogP contribution < -0.4 is 14.4 Å². The molecule has 0 radical (unpaired) electrons. The molecule has 0 spiro atoms. The first-order valence-electron chi connectivity index (χ1n) is 14.3. The number of thioether (sulfide) groups is 1. The van der Waals surface area contributed by atoms with E-state index in [4.69, 9.17) is 9.47 Å². The van der Waals surface area contributed by atoms with Crippen molar-refractivity contribution in [1.29, 1.82) is 0 Å². The highest BCUT2D eigenvalue weighted by molar-refractivity contribution is 8.00. The van der Waals surface area contributed by atoms with Crippen LogP contribution in [-0.4, -0.2) is 34.1 Å². The van der Waals surface area contributed by atoms with E-state index in [9.17, 15) is 19.1 Å². The van der Waals surface area contributed by atoms with Gasteiger partial charge in [0.05, 0.1) is 18.7 Å². The third-order valence-electron chi connectivity index (χ3n) is 7.55. The first kappa shape index (κ1) is 31.0. The minimum absolute atomic E-state index is 0.0948. The molecule has 1 fully saturated rings. The molecule has 1 N–H and O–H groups in total. The molecule has 11 heteroatoms. The lowest BCUT2D eigenvalue weighted by Crippen LogP contribution is -2.29. The number of rotatable bonds is 10. The Kier molecular flexibility index (Phi) is 9.13. The zero-order chi connectivity index (χ0) is 32.2. The van der Waals surface area contributed by atoms with Gasteiger partial charge in [0.1, 0.15) is 29.7 Å². The van der Waals surface area contributed by atoms with Crippen LogP contribution in [0.4, 0.5) is 9.52 Å². The SMILES string of the molecule is COc1cccc(C2/C(=C(\O)c3ccc(OCc4ccccc4C)cc3)C(=O)C(=O)N2c2nnc(SCc3ccccc3F)s2)c1. The van der Waals surface area contributed by atoms with Gasteiger partial charge in [-0.05, 0) is 71.6 Å². The minimum atomic E-state index is -1.01. The number of aromatic nitrogens is 2. The van der Waals surface area contributed by atoms with Gasteiger partial charge >= 0.3 is 5.91 Å². The van der Waals surface area contributed by atoms with Gasteiger partial charge in [0.25, 0.3) is 5.78 Å². The number of carbonyl (C=O) groups excluding carboxylic acids is 2. The van der Waals surface area contributed by atoms with E-state index in [0.717, 1.165) is 22.5 Å². The number of benzene rings is 4. The van der Waals surface area contributed by atoms with Gasteiger partial charge in [0.2, 0.25) is 5.13 Å². The minimum Gasteiger partial charge on any atom is -0.507 e. The Morgan fingerprint density at radius 3 is 2.41 bits per heavy atom. The van der Waals surface area contributed by atoms with Crippen LogP contribution in [0.25, 0.3) is 5.76 Å².